The van der Waals surface area contributed by atoms with E-state index < -0.39 is 5.60 Å². The maximum absolute atomic E-state index is 9.30. The molecule has 1 aliphatic heterocycles. The zero-order chi connectivity index (χ0) is 19.4. The van der Waals surface area contributed by atoms with Gasteiger partial charge in [-0.2, -0.15) is 15.5 Å². The molecule has 1 heterocycles. The van der Waals surface area contributed by atoms with E-state index in [1.165, 1.54) is 0 Å². The Balaban J connectivity index is 2.15. The molecule has 5 nitrogen and oxygen atoms in total. The smallest absolute Gasteiger partial charge is 0.207 e. The van der Waals surface area contributed by atoms with Gasteiger partial charge in [-0.1, -0.05) is 30.3 Å². The lowest BCUT2D eigenvalue weighted by atomic mass is 9.96. The molecule has 0 spiro atoms. The molecule has 27 heavy (non-hydrogen) atoms. The number of hydrogen-bond acceptors (Lipinski definition) is 4. The van der Waals surface area contributed by atoms with Crippen LogP contribution in [0.1, 0.15) is 37.5 Å². The minimum atomic E-state index is -0.529. The van der Waals surface area contributed by atoms with Gasteiger partial charge < -0.3 is 9.64 Å². The number of amidine groups is 1. The van der Waals surface area contributed by atoms with Crippen LogP contribution in [0, 0.1) is 22.8 Å². The molecule has 0 aliphatic carbocycles. The third-order valence-electron chi connectivity index (χ3n) is 4.32. The predicted octanol–water partition coefficient (Wildman–Crippen LogP) is 4.47. The maximum Gasteiger partial charge on any atom is 0.207 e. The molecule has 1 aliphatic rings. The topological polar surface area (TPSA) is 72.4 Å². The van der Waals surface area contributed by atoms with Gasteiger partial charge in [0.1, 0.15) is 17.2 Å². The Morgan fingerprint density at radius 1 is 1.15 bits per heavy atom. The molecule has 0 amide bonds. The van der Waals surface area contributed by atoms with Gasteiger partial charge in [0.25, 0.3) is 0 Å². The van der Waals surface area contributed by atoms with E-state index in [2.05, 4.69) is 11.1 Å². The quantitative estimate of drug-likeness (QED) is 0.462. The first-order valence-electron chi connectivity index (χ1n) is 8.65. The summed E-state index contributed by atoms with van der Waals surface area (Å²) in [6.45, 7) is 6.32. The summed E-state index contributed by atoms with van der Waals surface area (Å²) in [5, 5.41) is 18.4. The predicted molar refractivity (Wildman–Crippen MR) is 105 cm³/mol. The summed E-state index contributed by atoms with van der Waals surface area (Å²) in [6, 6.07) is 17.5. The zero-order valence-corrected chi connectivity index (χ0v) is 15.6. The molecule has 0 atom stereocenters. The van der Waals surface area contributed by atoms with Crippen molar-refractivity contribution in [2.24, 2.45) is 4.99 Å². The number of rotatable bonds is 3. The molecule has 0 unspecified atom stereocenters. The van der Waals surface area contributed by atoms with E-state index in [0.717, 1.165) is 16.8 Å². The van der Waals surface area contributed by atoms with Crippen LogP contribution >= 0.6 is 0 Å². The molecule has 0 radical (unpaired) electrons. The van der Waals surface area contributed by atoms with Gasteiger partial charge in [0.15, 0.2) is 0 Å². The number of benzene rings is 2. The van der Waals surface area contributed by atoms with Crippen molar-refractivity contribution in [3.8, 4) is 18.0 Å². The fourth-order valence-corrected chi connectivity index (χ4v) is 3.10. The standard InChI is InChI=1S/C22H20N4O/c1-16(25-15-24)26(14-17-7-5-4-6-8-17)20-12-22(2,3)27-21-10-9-18(13-23)11-19(20)21/h4-12H,14H2,1-3H3/b25-16+. The largest absolute Gasteiger partial charge is 0.483 e. The molecule has 2 aromatic carbocycles. The van der Waals surface area contributed by atoms with Crippen LogP contribution in [0.15, 0.2) is 59.6 Å². The van der Waals surface area contributed by atoms with E-state index in [0.29, 0.717) is 23.7 Å². The molecule has 0 N–H and O–H groups in total. The van der Waals surface area contributed by atoms with E-state index in [4.69, 9.17) is 10.00 Å². The molecule has 0 fully saturated rings. The van der Waals surface area contributed by atoms with Crippen LogP contribution in [-0.4, -0.2) is 16.3 Å². The van der Waals surface area contributed by atoms with Crippen molar-refractivity contribution in [2.75, 3.05) is 0 Å². The first-order valence-corrected chi connectivity index (χ1v) is 8.65. The van der Waals surface area contributed by atoms with Gasteiger partial charge >= 0.3 is 0 Å². The Labute approximate surface area is 159 Å². The fraction of sp³-hybridized carbons (Fsp3) is 0.227. The Morgan fingerprint density at radius 2 is 1.89 bits per heavy atom. The van der Waals surface area contributed by atoms with E-state index in [9.17, 15) is 5.26 Å². The van der Waals surface area contributed by atoms with Crippen LogP contribution in [0.2, 0.25) is 0 Å². The normalized spacial score (nSPS) is 14.9. The summed E-state index contributed by atoms with van der Waals surface area (Å²) < 4.78 is 6.07. The summed E-state index contributed by atoms with van der Waals surface area (Å²) >= 11 is 0. The summed E-state index contributed by atoms with van der Waals surface area (Å²) in [5.41, 5.74) is 2.81. The van der Waals surface area contributed by atoms with E-state index in [1.54, 1.807) is 6.07 Å². The Hall–Kier alpha value is -3.57. The molecule has 5 heteroatoms. The monoisotopic (exact) mass is 356 g/mol. The molecule has 3 rings (SSSR count). The van der Waals surface area contributed by atoms with Crippen molar-refractivity contribution >= 4 is 11.5 Å². The second kappa shape index (κ2) is 7.35. The van der Waals surface area contributed by atoms with Gasteiger partial charge in [-0.3, -0.25) is 0 Å². The average Bonchev–Trinajstić information content (AvgIpc) is 2.65. The third-order valence-corrected chi connectivity index (χ3v) is 4.32. The third kappa shape index (κ3) is 3.99. The Bertz CT molecular complexity index is 991. The molecular weight excluding hydrogens is 336 g/mol. The van der Waals surface area contributed by atoms with Crippen LogP contribution in [0.3, 0.4) is 0 Å². The van der Waals surface area contributed by atoms with Crippen molar-refractivity contribution in [1.82, 2.24) is 4.90 Å². The SMILES string of the molecule is C/C(=N\C#N)N(Cc1ccccc1)C1=CC(C)(C)Oc2ccc(C#N)cc21. The van der Waals surface area contributed by atoms with Crippen LogP contribution < -0.4 is 4.74 Å². The van der Waals surface area contributed by atoms with Crippen molar-refractivity contribution in [3.63, 3.8) is 0 Å². The second-order valence-corrected chi connectivity index (χ2v) is 6.89. The number of fused-ring (bicyclic) bond motifs is 1. The van der Waals surface area contributed by atoms with E-state index in [1.807, 2.05) is 80.4 Å². The van der Waals surface area contributed by atoms with Gasteiger partial charge in [0, 0.05) is 12.1 Å². The Morgan fingerprint density at radius 3 is 2.56 bits per heavy atom. The summed E-state index contributed by atoms with van der Waals surface area (Å²) in [6.07, 6.45) is 3.89. The van der Waals surface area contributed by atoms with Gasteiger partial charge in [0.05, 0.1) is 17.3 Å². The number of nitriles is 2. The lowest BCUT2D eigenvalue weighted by Crippen LogP contribution is -2.35. The van der Waals surface area contributed by atoms with Crippen LogP contribution in [0.5, 0.6) is 5.75 Å². The van der Waals surface area contributed by atoms with Crippen LogP contribution in [0.25, 0.3) is 5.70 Å². The van der Waals surface area contributed by atoms with Gasteiger partial charge in [0.2, 0.25) is 6.19 Å². The second-order valence-electron chi connectivity index (χ2n) is 6.89. The van der Waals surface area contributed by atoms with Crippen LogP contribution in [-0.2, 0) is 6.54 Å². The minimum absolute atomic E-state index is 0.529. The van der Waals surface area contributed by atoms with Crippen molar-refractivity contribution in [2.45, 2.75) is 32.9 Å². The number of aliphatic imine (C=N–C) groups is 1. The minimum Gasteiger partial charge on any atom is -0.483 e. The maximum atomic E-state index is 9.30. The highest BCUT2D eigenvalue weighted by molar-refractivity contribution is 5.91. The highest BCUT2D eigenvalue weighted by Crippen LogP contribution is 2.39. The number of hydrogen-bond donors (Lipinski definition) is 0. The van der Waals surface area contributed by atoms with Crippen molar-refractivity contribution < 1.29 is 4.74 Å². The van der Waals surface area contributed by atoms with Gasteiger partial charge in [-0.05, 0) is 50.6 Å². The van der Waals surface area contributed by atoms with E-state index in [-0.39, 0.29) is 0 Å². The summed E-state index contributed by atoms with van der Waals surface area (Å²) in [4.78, 5) is 5.95. The first kappa shape index (κ1) is 18.2. The summed E-state index contributed by atoms with van der Waals surface area (Å²) in [5.74, 6) is 1.29. The molecule has 134 valence electrons. The fourth-order valence-electron chi connectivity index (χ4n) is 3.10. The molecule has 0 saturated heterocycles. The van der Waals surface area contributed by atoms with Crippen molar-refractivity contribution in [1.29, 1.82) is 10.5 Å². The average molecular weight is 356 g/mol. The number of nitrogens with zero attached hydrogens (tertiary/aromatic N) is 4. The summed E-state index contributed by atoms with van der Waals surface area (Å²) in [7, 11) is 0. The highest BCUT2D eigenvalue weighted by atomic mass is 16.5. The zero-order valence-electron chi connectivity index (χ0n) is 15.6. The Kier molecular flexibility index (Phi) is 4.96. The van der Waals surface area contributed by atoms with E-state index >= 15 is 0 Å². The van der Waals surface area contributed by atoms with Crippen molar-refractivity contribution in [3.05, 3.63) is 71.3 Å². The molecule has 0 saturated carbocycles. The van der Waals surface area contributed by atoms with Gasteiger partial charge in [-0.25, -0.2) is 0 Å². The molecule has 0 bridgehead atoms. The lowest BCUT2D eigenvalue weighted by molar-refractivity contribution is 0.156. The molecular formula is C22H20N4O. The first-order chi connectivity index (χ1) is 12.9. The van der Waals surface area contributed by atoms with Crippen LogP contribution in [0.4, 0.5) is 0 Å². The lowest BCUT2D eigenvalue weighted by Gasteiger charge is -2.36. The molecule has 2 aromatic rings. The number of ether oxygens (including phenoxy) is 1. The van der Waals surface area contributed by atoms with Gasteiger partial charge in [-0.15, -0.1) is 0 Å². The molecule has 0 aromatic heterocycles. The highest BCUT2D eigenvalue weighted by Gasteiger charge is 2.30.